The summed E-state index contributed by atoms with van der Waals surface area (Å²) in [6.07, 6.45) is -9.14. The Morgan fingerprint density at radius 3 is 2.18 bits per heavy atom. The van der Waals surface area contributed by atoms with Gasteiger partial charge in [0.15, 0.2) is 0 Å². The normalized spacial score (nSPS) is 25.6. The van der Waals surface area contributed by atoms with Gasteiger partial charge in [-0.3, -0.25) is 23.9 Å². The molecule has 0 spiro atoms. The van der Waals surface area contributed by atoms with Crippen molar-refractivity contribution < 1.29 is 50.6 Å². The number of aryl methyl sites for hydroxylation is 2. The summed E-state index contributed by atoms with van der Waals surface area (Å²) in [6.45, 7) is 3.52. The molecule has 2 aliphatic heterocycles. The van der Waals surface area contributed by atoms with Gasteiger partial charge in [-0.25, -0.2) is 9.80 Å². The number of phenols is 1. The number of anilines is 2. The van der Waals surface area contributed by atoms with Gasteiger partial charge in [0, 0.05) is 33.8 Å². The van der Waals surface area contributed by atoms with Crippen LogP contribution in [-0.4, -0.2) is 38.5 Å². The van der Waals surface area contributed by atoms with Crippen LogP contribution in [0.3, 0.4) is 0 Å². The number of alkyl halides is 6. The van der Waals surface area contributed by atoms with E-state index in [4.69, 9.17) is 23.2 Å². The summed E-state index contributed by atoms with van der Waals surface area (Å²) in [6, 6.07) is 11.8. The SMILES string of the molecule is Cc1c(-c2cc(N3C(=O)C4CC5C(=CCC6C(=O)N(c7cc(C(F)(F)F)cc(C(F)(F)F)c7)C(=O)C65)C(c5ccc(O)cc5Cl)C4(C)C3=O)n(C)n2)sc2ccc(Cl)cc12. The van der Waals surface area contributed by atoms with E-state index in [0.29, 0.717) is 38.9 Å². The van der Waals surface area contributed by atoms with E-state index in [-0.39, 0.29) is 35.5 Å². The molecule has 4 aliphatic rings. The Bertz CT molecular complexity index is 2750. The molecule has 2 aromatic heterocycles. The number of amides is 4. The first-order valence-corrected chi connectivity index (χ1v) is 20.2. The van der Waals surface area contributed by atoms with Crippen LogP contribution < -0.4 is 9.80 Å². The number of imide groups is 2. The number of carbonyl (C=O) groups is 4. The summed E-state index contributed by atoms with van der Waals surface area (Å²) < 4.78 is 85.8. The maximum Gasteiger partial charge on any atom is 0.416 e. The molecule has 2 saturated heterocycles. The monoisotopic (exact) mass is 886 g/mol. The first kappa shape index (κ1) is 40.2. The average molecular weight is 888 g/mol. The maximum absolute atomic E-state index is 15.1. The third kappa shape index (κ3) is 5.84. The number of rotatable bonds is 4. The molecule has 2 aliphatic carbocycles. The Hall–Kier alpha value is -5.19. The van der Waals surface area contributed by atoms with Crippen molar-refractivity contribution in [2.24, 2.45) is 36.1 Å². The lowest BCUT2D eigenvalue weighted by Gasteiger charge is -2.49. The molecule has 60 heavy (non-hydrogen) atoms. The molecule has 5 aromatic rings. The number of carbonyl (C=O) groups excluding carboxylic acids is 4. The molecular weight excluding hydrogens is 857 g/mol. The Morgan fingerprint density at radius 2 is 1.53 bits per heavy atom. The molecule has 1 saturated carbocycles. The lowest BCUT2D eigenvalue weighted by Crippen LogP contribution is -2.49. The highest BCUT2D eigenvalue weighted by molar-refractivity contribution is 7.22. The zero-order valence-corrected chi connectivity index (χ0v) is 33.8. The molecule has 6 atom stereocenters. The zero-order chi connectivity index (χ0) is 43.1. The minimum atomic E-state index is -5.24. The maximum atomic E-state index is 15.1. The van der Waals surface area contributed by atoms with Crippen LogP contribution in [0.2, 0.25) is 10.0 Å². The van der Waals surface area contributed by atoms with E-state index in [9.17, 15) is 45.8 Å². The summed E-state index contributed by atoms with van der Waals surface area (Å²) in [5.41, 5.74) is -3.70. The van der Waals surface area contributed by atoms with Crippen molar-refractivity contribution in [2.45, 2.75) is 45.0 Å². The Labute approximate surface area is 350 Å². The number of phenolic OH excluding ortho intramolecular Hbond substituents is 1. The largest absolute Gasteiger partial charge is 0.508 e. The van der Waals surface area contributed by atoms with Crippen molar-refractivity contribution in [3.05, 3.63) is 105 Å². The molecule has 4 amide bonds. The minimum absolute atomic E-state index is 0.0320. The number of hydrogen-bond donors (Lipinski definition) is 1. The van der Waals surface area contributed by atoms with Gasteiger partial charge in [-0.15, -0.1) is 11.3 Å². The fraction of sp³-hybridized carbons (Fsp3) is 0.310. The number of halogens is 8. The van der Waals surface area contributed by atoms with Crippen molar-refractivity contribution in [3.8, 4) is 16.3 Å². The minimum Gasteiger partial charge on any atom is -0.508 e. The van der Waals surface area contributed by atoms with Crippen molar-refractivity contribution in [2.75, 3.05) is 9.80 Å². The molecule has 0 radical (unpaired) electrons. The van der Waals surface area contributed by atoms with E-state index in [2.05, 4.69) is 5.10 Å². The molecule has 9 nitrogen and oxygen atoms in total. The van der Waals surface area contributed by atoms with E-state index in [0.717, 1.165) is 25.4 Å². The van der Waals surface area contributed by atoms with Gasteiger partial charge in [0.25, 0.3) is 0 Å². The van der Waals surface area contributed by atoms with E-state index in [1.54, 1.807) is 32.2 Å². The second kappa shape index (κ2) is 13.4. The first-order chi connectivity index (χ1) is 28.1. The van der Waals surface area contributed by atoms with Crippen LogP contribution in [0.15, 0.2) is 72.3 Å². The van der Waals surface area contributed by atoms with Gasteiger partial charge in [0.2, 0.25) is 23.6 Å². The number of aromatic hydroxyl groups is 1. The highest BCUT2D eigenvalue weighted by Gasteiger charge is 2.68. The van der Waals surface area contributed by atoms with Crippen LogP contribution in [0.25, 0.3) is 20.7 Å². The van der Waals surface area contributed by atoms with Crippen LogP contribution in [0.5, 0.6) is 5.75 Å². The number of hydrogen-bond acceptors (Lipinski definition) is 7. The number of thiophene rings is 1. The van der Waals surface area contributed by atoms with Crippen LogP contribution in [-0.2, 0) is 38.6 Å². The highest BCUT2D eigenvalue weighted by Crippen LogP contribution is 2.64. The van der Waals surface area contributed by atoms with Crippen LogP contribution in [0.4, 0.5) is 37.8 Å². The number of benzene rings is 3. The number of fused-ring (bicyclic) bond motifs is 5. The van der Waals surface area contributed by atoms with Gasteiger partial charge in [0.05, 0.1) is 44.9 Å². The summed E-state index contributed by atoms with van der Waals surface area (Å²) in [7, 11) is 1.58. The quantitative estimate of drug-likeness (QED) is 0.109. The summed E-state index contributed by atoms with van der Waals surface area (Å²) in [4.78, 5) is 60.6. The van der Waals surface area contributed by atoms with Gasteiger partial charge < -0.3 is 5.11 Å². The molecule has 9 rings (SSSR count). The molecule has 0 bridgehead atoms. The van der Waals surface area contributed by atoms with Gasteiger partial charge in [0.1, 0.15) is 17.3 Å². The van der Waals surface area contributed by atoms with Gasteiger partial charge in [-0.2, -0.15) is 31.4 Å². The predicted molar refractivity (Wildman–Crippen MR) is 210 cm³/mol. The second-order valence-corrected chi connectivity index (χ2v) is 17.7. The van der Waals surface area contributed by atoms with Crippen molar-refractivity contribution in [1.29, 1.82) is 0 Å². The van der Waals surface area contributed by atoms with Crippen LogP contribution >= 0.6 is 34.5 Å². The fourth-order valence-electron chi connectivity index (χ4n) is 9.87. The average Bonchev–Trinajstić information content (AvgIpc) is 3.84. The smallest absolute Gasteiger partial charge is 0.416 e. The van der Waals surface area contributed by atoms with E-state index in [1.165, 1.54) is 34.2 Å². The third-order valence-electron chi connectivity index (χ3n) is 12.6. The topological polar surface area (TPSA) is 113 Å². The zero-order valence-electron chi connectivity index (χ0n) is 31.5. The van der Waals surface area contributed by atoms with Crippen molar-refractivity contribution in [3.63, 3.8) is 0 Å². The molecule has 4 heterocycles. The van der Waals surface area contributed by atoms with Crippen molar-refractivity contribution >= 4 is 79.8 Å². The molecule has 6 unspecified atom stereocenters. The Balaban J connectivity index is 1.15. The lowest BCUT2D eigenvalue weighted by atomic mass is 9.51. The fourth-order valence-corrected chi connectivity index (χ4v) is 11.5. The standard InChI is InChI=1S/C42H30Cl2F6N4O5S/c1-17-26-13-20(43)4-9-31(26)60-35(17)30-16-32(52(3)51-30)54-37(57)28-15-27-23(34(40(28,2)39(54)59)24-6-5-22(55)14-29(24)44)7-8-25-33(27)38(58)53(36(25)56)21-11-18(41(45,46)47)10-19(12-21)42(48,49)50/h4-7,9-14,16,25,27-28,33-34,55H,8,15H2,1-3H3. The predicted octanol–water partition coefficient (Wildman–Crippen LogP) is 10.1. The van der Waals surface area contributed by atoms with E-state index in [1.807, 2.05) is 19.1 Å². The van der Waals surface area contributed by atoms with Crippen molar-refractivity contribution in [1.82, 2.24) is 9.78 Å². The summed E-state index contributed by atoms with van der Waals surface area (Å²) >= 11 is 14.5. The Kier molecular flexibility index (Phi) is 8.99. The van der Waals surface area contributed by atoms with Gasteiger partial charge in [-0.1, -0.05) is 40.9 Å². The molecule has 3 fully saturated rings. The molecule has 1 N–H and O–H groups in total. The molecule has 310 valence electrons. The molecule has 3 aromatic carbocycles. The number of aromatic nitrogens is 2. The van der Waals surface area contributed by atoms with E-state index < -0.39 is 87.8 Å². The first-order valence-electron chi connectivity index (χ1n) is 18.6. The van der Waals surface area contributed by atoms with Crippen LogP contribution in [0.1, 0.15) is 47.9 Å². The van der Waals surface area contributed by atoms with E-state index >= 15 is 4.79 Å². The number of allylic oxidation sites excluding steroid dienone is 2. The highest BCUT2D eigenvalue weighted by atomic mass is 35.5. The Morgan fingerprint density at radius 1 is 0.850 bits per heavy atom. The van der Waals surface area contributed by atoms with Gasteiger partial charge in [-0.05, 0) is 97.7 Å². The second-order valence-electron chi connectivity index (χ2n) is 15.9. The summed E-state index contributed by atoms with van der Waals surface area (Å²) in [5, 5.41) is 16.5. The number of nitrogens with zero attached hydrogens (tertiary/aromatic N) is 4. The molecular formula is C42H30Cl2F6N4O5S. The van der Waals surface area contributed by atoms with Gasteiger partial charge >= 0.3 is 12.4 Å². The lowest BCUT2D eigenvalue weighted by molar-refractivity contribution is -0.143. The van der Waals surface area contributed by atoms with Crippen LogP contribution in [0, 0.1) is 36.0 Å². The molecule has 18 heteroatoms. The summed E-state index contributed by atoms with van der Waals surface area (Å²) in [5.74, 6) is -8.98. The third-order valence-corrected chi connectivity index (χ3v) is 14.5.